The first-order valence-corrected chi connectivity index (χ1v) is 5.69. The third-order valence-corrected chi connectivity index (χ3v) is 3.84. The molecular weight excluding hydrogens is 260 g/mol. The number of hydrogen-bond acceptors (Lipinski definition) is 2. The summed E-state index contributed by atoms with van der Waals surface area (Å²) in [6.45, 7) is 1.90. The molecule has 1 aromatic rings. The summed E-state index contributed by atoms with van der Waals surface area (Å²) in [5, 5.41) is 1.48. The van der Waals surface area contributed by atoms with Crippen molar-refractivity contribution in [1.29, 1.82) is 0 Å². The number of ketones is 1. The fourth-order valence-electron chi connectivity index (χ4n) is 0.797. The zero-order valence-electron chi connectivity index (χ0n) is 6.51. The Morgan fingerprint density at radius 1 is 1.83 bits per heavy atom. The predicted octanol–water partition coefficient (Wildman–Crippen LogP) is 3.71. The maximum absolute atomic E-state index is 11.5. The number of halogens is 2. The lowest BCUT2D eigenvalue weighted by Crippen LogP contribution is -2.12. The molecule has 0 bridgehead atoms. The molecule has 0 aliphatic rings. The summed E-state index contributed by atoms with van der Waals surface area (Å²) >= 11 is 10.5. The van der Waals surface area contributed by atoms with E-state index in [-0.39, 0.29) is 11.2 Å². The van der Waals surface area contributed by atoms with Crippen molar-refractivity contribution in [2.45, 2.75) is 18.7 Å². The van der Waals surface area contributed by atoms with Crippen LogP contribution in [0, 0.1) is 0 Å². The molecule has 1 aromatic heterocycles. The van der Waals surface area contributed by atoms with Crippen molar-refractivity contribution in [3.8, 4) is 0 Å². The fourth-order valence-corrected chi connectivity index (χ4v) is 2.53. The van der Waals surface area contributed by atoms with Crippen molar-refractivity contribution in [3.05, 3.63) is 20.8 Å². The monoisotopic (exact) mass is 266 g/mol. The Bertz CT molecular complexity index is 284. The van der Waals surface area contributed by atoms with Gasteiger partial charge in [0.25, 0.3) is 0 Å². The van der Waals surface area contributed by atoms with Crippen molar-refractivity contribution in [3.63, 3.8) is 0 Å². The second-order valence-electron chi connectivity index (χ2n) is 2.34. The minimum Gasteiger partial charge on any atom is -0.292 e. The van der Waals surface area contributed by atoms with E-state index in [1.165, 1.54) is 11.3 Å². The molecule has 1 rings (SSSR count). The average molecular weight is 268 g/mol. The van der Waals surface area contributed by atoms with E-state index in [9.17, 15) is 4.79 Å². The molecule has 66 valence electrons. The first-order chi connectivity index (χ1) is 5.66. The standard InChI is InChI=1S/C8H8BrClOS/c1-2-6(10)7(11)8-5(9)3-4-12-8/h3-4,6H,2H2,1H3. The van der Waals surface area contributed by atoms with Crippen LogP contribution in [0.2, 0.25) is 0 Å². The smallest absolute Gasteiger partial charge is 0.191 e. The van der Waals surface area contributed by atoms with Gasteiger partial charge in [-0.15, -0.1) is 22.9 Å². The van der Waals surface area contributed by atoms with E-state index in [4.69, 9.17) is 11.6 Å². The minimum atomic E-state index is -0.389. The van der Waals surface area contributed by atoms with E-state index < -0.39 is 0 Å². The quantitative estimate of drug-likeness (QED) is 0.603. The van der Waals surface area contributed by atoms with Crippen LogP contribution < -0.4 is 0 Å². The van der Waals surface area contributed by atoms with Gasteiger partial charge in [-0.1, -0.05) is 6.92 Å². The van der Waals surface area contributed by atoms with Gasteiger partial charge in [0.05, 0.1) is 10.3 Å². The van der Waals surface area contributed by atoms with Gasteiger partial charge >= 0.3 is 0 Å². The number of thiophene rings is 1. The predicted molar refractivity (Wildman–Crippen MR) is 56.3 cm³/mol. The van der Waals surface area contributed by atoms with Gasteiger partial charge in [0.15, 0.2) is 5.78 Å². The molecule has 0 saturated heterocycles. The minimum absolute atomic E-state index is 0.0149. The largest absolute Gasteiger partial charge is 0.292 e. The molecular formula is C8H8BrClOS. The van der Waals surface area contributed by atoms with E-state index in [1.807, 2.05) is 18.4 Å². The van der Waals surface area contributed by atoms with Crippen molar-refractivity contribution < 1.29 is 4.79 Å². The lowest BCUT2D eigenvalue weighted by atomic mass is 10.2. The van der Waals surface area contributed by atoms with Crippen LogP contribution in [0.15, 0.2) is 15.9 Å². The fraction of sp³-hybridized carbons (Fsp3) is 0.375. The first kappa shape index (κ1) is 10.2. The van der Waals surface area contributed by atoms with Crippen LogP contribution in [-0.4, -0.2) is 11.2 Å². The lowest BCUT2D eigenvalue weighted by Gasteiger charge is -2.02. The number of carbonyl (C=O) groups excluding carboxylic acids is 1. The molecule has 1 unspecified atom stereocenters. The van der Waals surface area contributed by atoms with Crippen molar-refractivity contribution >= 4 is 44.7 Å². The van der Waals surface area contributed by atoms with Gasteiger partial charge in [-0.25, -0.2) is 0 Å². The molecule has 0 aromatic carbocycles. The Morgan fingerprint density at radius 3 is 2.92 bits per heavy atom. The lowest BCUT2D eigenvalue weighted by molar-refractivity contribution is 0.0989. The van der Waals surface area contributed by atoms with Crippen LogP contribution in [0.1, 0.15) is 23.0 Å². The first-order valence-electron chi connectivity index (χ1n) is 3.58. The zero-order valence-corrected chi connectivity index (χ0v) is 9.67. The Hall–Kier alpha value is 0.140. The van der Waals surface area contributed by atoms with Gasteiger partial charge in [0, 0.05) is 4.47 Å². The van der Waals surface area contributed by atoms with Gasteiger partial charge in [0.2, 0.25) is 0 Å². The van der Waals surface area contributed by atoms with E-state index in [2.05, 4.69) is 15.9 Å². The number of alkyl halides is 1. The van der Waals surface area contributed by atoms with E-state index in [1.54, 1.807) is 0 Å². The maximum Gasteiger partial charge on any atom is 0.191 e. The number of hydrogen-bond donors (Lipinski definition) is 0. The zero-order chi connectivity index (χ0) is 9.14. The van der Waals surface area contributed by atoms with Gasteiger partial charge < -0.3 is 0 Å². The Balaban J connectivity index is 2.85. The molecule has 1 heterocycles. The van der Waals surface area contributed by atoms with Crippen molar-refractivity contribution in [2.75, 3.05) is 0 Å². The molecule has 0 saturated carbocycles. The average Bonchev–Trinajstić information content (AvgIpc) is 2.48. The van der Waals surface area contributed by atoms with Crippen LogP contribution in [0.25, 0.3) is 0 Å². The van der Waals surface area contributed by atoms with Gasteiger partial charge in [-0.05, 0) is 33.8 Å². The van der Waals surface area contributed by atoms with Crippen LogP contribution in [0.5, 0.6) is 0 Å². The summed E-state index contributed by atoms with van der Waals surface area (Å²) in [6, 6.07) is 1.86. The maximum atomic E-state index is 11.5. The summed E-state index contributed by atoms with van der Waals surface area (Å²) in [5.74, 6) is 0.0149. The van der Waals surface area contributed by atoms with Crippen molar-refractivity contribution in [2.24, 2.45) is 0 Å². The van der Waals surface area contributed by atoms with Crippen LogP contribution in [0.4, 0.5) is 0 Å². The van der Waals surface area contributed by atoms with Gasteiger partial charge in [-0.2, -0.15) is 0 Å². The van der Waals surface area contributed by atoms with Crippen LogP contribution in [0.3, 0.4) is 0 Å². The Morgan fingerprint density at radius 2 is 2.50 bits per heavy atom. The Labute approximate surface area is 88.9 Å². The molecule has 4 heteroatoms. The Kier molecular flexibility index (Phi) is 3.75. The molecule has 12 heavy (non-hydrogen) atoms. The number of Topliss-reactive ketones (excluding diaryl/α,β-unsaturated/α-hetero) is 1. The highest BCUT2D eigenvalue weighted by molar-refractivity contribution is 9.10. The normalized spacial score (nSPS) is 12.9. The molecule has 1 atom stereocenters. The highest BCUT2D eigenvalue weighted by Crippen LogP contribution is 2.25. The third-order valence-electron chi connectivity index (χ3n) is 1.48. The number of rotatable bonds is 3. The van der Waals surface area contributed by atoms with Crippen LogP contribution in [-0.2, 0) is 0 Å². The summed E-state index contributed by atoms with van der Waals surface area (Å²) in [7, 11) is 0. The summed E-state index contributed by atoms with van der Waals surface area (Å²) in [6.07, 6.45) is 0.671. The second-order valence-corrected chi connectivity index (χ2v) is 4.63. The van der Waals surface area contributed by atoms with E-state index in [0.29, 0.717) is 6.42 Å². The molecule has 0 radical (unpaired) electrons. The highest BCUT2D eigenvalue weighted by Gasteiger charge is 2.18. The molecule has 0 aliphatic heterocycles. The molecule has 0 spiro atoms. The molecule has 0 aliphatic carbocycles. The van der Waals surface area contributed by atoms with Gasteiger partial charge in [0.1, 0.15) is 0 Å². The summed E-state index contributed by atoms with van der Waals surface area (Å²) in [5.41, 5.74) is 0. The van der Waals surface area contributed by atoms with E-state index in [0.717, 1.165) is 9.35 Å². The van der Waals surface area contributed by atoms with Crippen molar-refractivity contribution in [1.82, 2.24) is 0 Å². The molecule has 1 nitrogen and oxygen atoms in total. The van der Waals surface area contributed by atoms with Crippen LogP contribution >= 0.6 is 38.9 Å². The molecule has 0 amide bonds. The molecule has 0 fully saturated rings. The molecule has 0 N–H and O–H groups in total. The second kappa shape index (κ2) is 4.40. The third kappa shape index (κ3) is 2.09. The van der Waals surface area contributed by atoms with E-state index >= 15 is 0 Å². The topological polar surface area (TPSA) is 17.1 Å². The highest BCUT2D eigenvalue weighted by atomic mass is 79.9. The van der Waals surface area contributed by atoms with Gasteiger partial charge in [-0.3, -0.25) is 4.79 Å². The SMILES string of the molecule is CCC(Cl)C(=O)c1sccc1Br. The number of carbonyl (C=O) groups is 1. The summed E-state index contributed by atoms with van der Waals surface area (Å²) in [4.78, 5) is 12.2. The summed E-state index contributed by atoms with van der Waals surface area (Å²) < 4.78 is 0.844.